The number of rotatable bonds is 9. The number of hydrogen-bond acceptors (Lipinski definition) is 2. The number of benzene rings is 4. The van der Waals surface area contributed by atoms with Gasteiger partial charge in [0.25, 0.3) is 0 Å². The van der Waals surface area contributed by atoms with E-state index in [0.29, 0.717) is 35.4 Å². The minimum Gasteiger partial charge on any atom is -0.453 e. The van der Waals surface area contributed by atoms with Crippen molar-refractivity contribution in [3.8, 4) is 33.8 Å². The summed E-state index contributed by atoms with van der Waals surface area (Å²) in [6.45, 7) is 2.01. The van der Waals surface area contributed by atoms with Crippen LogP contribution in [0, 0.1) is 29.1 Å². The van der Waals surface area contributed by atoms with Crippen LogP contribution in [0.2, 0.25) is 0 Å². The molecule has 0 atom stereocenters. The Morgan fingerprint density at radius 1 is 0.707 bits per heavy atom. The van der Waals surface area contributed by atoms with Crippen molar-refractivity contribution in [2.75, 3.05) is 0 Å². The Hall–Kier alpha value is -4.41. The lowest BCUT2D eigenvalue weighted by Gasteiger charge is -2.20. The third kappa shape index (κ3) is 6.67. The fraction of sp³-hybridized carbons (Fsp3) is 0.133. The monoisotopic (exact) mass is 582 g/mol. The van der Waals surface area contributed by atoms with E-state index in [1.54, 1.807) is 12.1 Å². The largest absolute Gasteiger partial charge is 0.453 e. The highest BCUT2D eigenvalue weighted by molar-refractivity contribution is 5.67. The molecule has 0 aliphatic heterocycles. The zero-order valence-corrected chi connectivity index (χ0v) is 21.1. The molecule has 0 spiro atoms. The molecule has 2 nitrogen and oxygen atoms in total. The van der Waals surface area contributed by atoms with Crippen LogP contribution in [0.5, 0.6) is 11.5 Å². The lowest BCUT2D eigenvalue weighted by molar-refractivity contribution is -0.187. The molecule has 0 bridgehead atoms. The Balaban J connectivity index is 1.59. The maximum atomic E-state index is 14.9. The number of hydrogen-bond donors (Lipinski definition) is 0. The second kappa shape index (κ2) is 12.0. The Kier molecular flexibility index (Phi) is 8.65. The third-order valence-corrected chi connectivity index (χ3v) is 5.92. The van der Waals surface area contributed by atoms with E-state index >= 15 is 0 Å². The second-order valence-corrected chi connectivity index (χ2v) is 8.82. The van der Waals surface area contributed by atoms with Crippen LogP contribution in [0.4, 0.5) is 39.5 Å². The summed E-state index contributed by atoms with van der Waals surface area (Å²) in [4.78, 5) is 0. The summed E-state index contributed by atoms with van der Waals surface area (Å²) in [5, 5.41) is 0. The van der Waals surface area contributed by atoms with Crippen molar-refractivity contribution in [2.24, 2.45) is 0 Å². The maximum Gasteiger partial charge on any atom is 0.429 e. The molecule has 0 saturated heterocycles. The van der Waals surface area contributed by atoms with Gasteiger partial charge in [0.05, 0.1) is 11.1 Å². The van der Waals surface area contributed by atoms with Gasteiger partial charge in [-0.25, -0.2) is 22.0 Å². The van der Waals surface area contributed by atoms with Gasteiger partial charge in [-0.2, -0.15) is 17.6 Å². The van der Waals surface area contributed by atoms with Crippen LogP contribution in [-0.4, -0.2) is 0 Å². The quantitative estimate of drug-likeness (QED) is 0.145. The standard InChI is InChI=1S/C30H19F9O2/c1-2-3-16-4-6-17(7-5-16)18-8-9-21(22(31)10-18)30(38,39)41-20-13-23(32)28(24(33)14-20)19-11-25(34)29(26(35)12-19)40-15-27(36)37/h4-15H,2-3H2,1H3. The number of alkyl halides is 2. The minimum absolute atomic E-state index is 0.240. The van der Waals surface area contributed by atoms with Crippen LogP contribution in [0.3, 0.4) is 0 Å². The summed E-state index contributed by atoms with van der Waals surface area (Å²) >= 11 is 0. The molecule has 41 heavy (non-hydrogen) atoms. The van der Waals surface area contributed by atoms with Gasteiger partial charge in [0.15, 0.2) is 23.6 Å². The Morgan fingerprint density at radius 2 is 1.27 bits per heavy atom. The van der Waals surface area contributed by atoms with Crippen LogP contribution in [0.1, 0.15) is 24.5 Å². The molecule has 0 saturated carbocycles. The van der Waals surface area contributed by atoms with Crippen molar-refractivity contribution < 1.29 is 49.0 Å². The molecule has 4 rings (SSSR count). The van der Waals surface area contributed by atoms with Crippen LogP contribution in [-0.2, 0) is 12.5 Å². The van der Waals surface area contributed by atoms with E-state index in [4.69, 9.17) is 0 Å². The van der Waals surface area contributed by atoms with Crippen LogP contribution >= 0.6 is 0 Å². The highest BCUT2D eigenvalue weighted by Gasteiger charge is 2.38. The molecule has 0 aliphatic carbocycles. The van der Waals surface area contributed by atoms with Gasteiger partial charge in [-0.1, -0.05) is 43.7 Å². The van der Waals surface area contributed by atoms with Gasteiger partial charge in [0.1, 0.15) is 23.2 Å². The zero-order chi connectivity index (χ0) is 29.9. The van der Waals surface area contributed by atoms with E-state index in [9.17, 15) is 39.5 Å². The fourth-order valence-electron chi connectivity index (χ4n) is 4.09. The second-order valence-electron chi connectivity index (χ2n) is 8.82. The van der Waals surface area contributed by atoms with Gasteiger partial charge in [-0.15, -0.1) is 0 Å². The Morgan fingerprint density at radius 3 is 1.80 bits per heavy atom. The smallest absolute Gasteiger partial charge is 0.429 e. The minimum atomic E-state index is -4.37. The van der Waals surface area contributed by atoms with E-state index in [-0.39, 0.29) is 6.26 Å². The predicted octanol–water partition coefficient (Wildman–Crippen LogP) is 9.91. The van der Waals surface area contributed by atoms with E-state index in [0.717, 1.165) is 30.5 Å². The number of ether oxygens (including phenoxy) is 2. The molecule has 0 aromatic heterocycles. The molecule has 4 aromatic rings. The molecule has 0 radical (unpaired) electrons. The van der Waals surface area contributed by atoms with Gasteiger partial charge in [0.2, 0.25) is 0 Å². The zero-order valence-electron chi connectivity index (χ0n) is 21.1. The predicted molar refractivity (Wildman–Crippen MR) is 133 cm³/mol. The molecule has 0 aliphatic rings. The third-order valence-electron chi connectivity index (χ3n) is 5.92. The molecule has 0 fully saturated rings. The Labute approximate surface area is 228 Å². The molecular formula is C30H19F9O2. The SMILES string of the molecule is CCCc1ccc(-c2ccc(C(F)(F)Oc3cc(F)c(-c4cc(F)c(OC=C(F)F)c(F)c4)c(F)c3)c(F)c2)cc1. The summed E-state index contributed by atoms with van der Waals surface area (Å²) in [6, 6.07) is 11.4. The first-order valence-corrected chi connectivity index (χ1v) is 12.0. The molecule has 0 amide bonds. The molecular weight excluding hydrogens is 563 g/mol. The molecule has 0 N–H and O–H groups in total. The summed E-state index contributed by atoms with van der Waals surface area (Å²) in [5.41, 5.74) is -1.01. The molecule has 214 valence electrons. The van der Waals surface area contributed by atoms with E-state index < -0.39 is 69.5 Å². The van der Waals surface area contributed by atoms with Crippen LogP contribution in [0.25, 0.3) is 22.3 Å². The van der Waals surface area contributed by atoms with Crippen molar-refractivity contribution in [1.29, 1.82) is 0 Å². The van der Waals surface area contributed by atoms with Crippen LogP contribution < -0.4 is 9.47 Å². The van der Waals surface area contributed by atoms with Crippen molar-refractivity contribution in [1.82, 2.24) is 0 Å². The highest BCUT2D eigenvalue weighted by Crippen LogP contribution is 2.38. The lowest BCUT2D eigenvalue weighted by Crippen LogP contribution is -2.23. The van der Waals surface area contributed by atoms with Crippen LogP contribution in [0.15, 0.2) is 79.1 Å². The van der Waals surface area contributed by atoms with E-state index in [1.165, 1.54) is 6.07 Å². The Bertz CT molecular complexity index is 1550. The maximum absolute atomic E-state index is 14.9. The first-order chi connectivity index (χ1) is 19.4. The molecule has 0 unspecified atom stereocenters. The average Bonchev–Trinajstić information content (AvgIpc) is 2.88. The fourth-order valence-corrected chi connectivity index (χ4v) is 4.09. The lowest BCUT2D eigenvalue weighted by atomic mass is 10.0. The van der Waals surface area contributed by atoms with Gasteiger partial charge in [0, 0.05) is 12.1 Å². The highest BCUT2D eigenvalue weighted by atomic mass is 19.3. The van der Waals surface area contributed by atoms with Crippen molar-refractivity contribution in [3.63, 3.8) is 0 Å². The normalized spacial score (nSPS) is 11.4. The van der Waals surface area contributed by atoms with Gasteiger partial charge < -0.3 is 9.47 Å². The van der Waals surface area contributed by atoms with E-state index in [2.05, 4.69) is 9.47 Å². The van der Waals surface area contributed by atoms with Crippen molar-refractivity contribution in [2.45, 2.75) is 25.9 Å². The number of halogens is 9. The summed E-state index contributed by atoms with van der Waals surface area (Å²) in [6.07, 6.45) is -5.24. The molecule has 0 heterocycles. The molecule has 4 aromatic carbocycles. The van der Waals surface area contributed by atoms with E-state index in [1.807, 2.05) is 19.1 Å². The average molecular weight is 582 g/mol. The first-order valence-electron chi connectivity index (χ1n) is 12.0. The van der Waals surface area contributed by atoms with Gasteiger partial charge >= 0.3 is 12.2 Å². The molecule has 11 heteroatoms. The van der Waals surface area contributed by atoms with Gasteiger partial charge in [-0.3, -0.25) is 0 Å². The number of aryl methyl sites for hydroxylation is 1. The first kappa shape index (κ1) is 29.6. The topological polar surface area (TPSA) is 18.5 Å². The van der Waals surface area contributed by atoms with Crippen molar-refractivity contribution in [3.05, 3.63) is 119 Å². The summed E-state index contributed by atoms with van der Waals surface area (Å²) < 4.78 is 135. The van der Waals surface area contributed by atoms with Crippen molar-refractivity contribution >= 4 is 0 Å². The summed E-state index contributed by atoms with van der Waals surface area (Å²) in [7, 11) is 0. The summed E-state index contributed by atoms with van der Waals surface area (Å²) in [5.74, 6) is -9.89. The van der Waals surface area contributed by atoms with Gasteiger partial charge in [-0.05, 0) is 52.9 Å².